The maximum absolute atomic E-state index is 14.1. The number of methoxy groups -OCH3 is 2. The molecule has 0 amide bonds. The summed E-state index contributed by atoms with van der Waals surface area (Å²) in [6.45, 7) is 1.96. The zero-order chi connectivity index (χ0) is 23.5. The van der Waals surface area contributed by atoms with Crippen molar-refractivity contribution in [2.45, 2.75) is 26.2 Å². The fourth-order valence-electron chi connectivity index (χ4n) is 4.10. The molecule has 0 unspecified atom stereocenters. The van der Waals surface area contributed by atoms with Crippen LogP contribution < -0.4 is 9.47 Å². The molecule has 1 aliphatic rings. The summed E-state index contributed by atoms with van der Waals surface area (Å²) in [5.41, 5.74) is 5.22. The van der Waals surface area contributed by atoms with Crippen LogP contribution in [-0.4, -0.2) is 30.1 Å². The number of phenolic OH excluding ortho intramolecular Hbond substituents is 1. The van der Waals surface area contributed by atoms with E-state index in [4.69, 9.17) is 13.9 Å². The van der Waals surface area contributed by atoms with Gasteiger partial charge in [-0.05, 0) is 77.1 Å². The number of aromatic hydroxyl groups is 1. The Balaban J connectivity index is 1.69. The van der Waals surface area contributed by atoms with E-state index in [9.17, 15) is 14.3 Å². The third-order valence-corrected chi connectivity index (χ3v) is 5.75. The number of Topliss-reactive ketones (excluding diaryl/α,β-unsaturated/α-hetero) is 1. The zero-order valence-corrected chi connectivity index (χ0v) is 18.6. The van der Waals surface area contributed by atoms with Gasteiger partial charge in [-0.3, -0.25) is 4.79 Å². The van der Waals surface area contributed by atoms with Gasteiger partial charge in [0.15, 0.2) is 11.5 Å². The molecule has 0 fully saturated rings. The van der Waals surface area contributed by atoms with Gasteiger partial charge in [-0.1, -0.05) is 6.07 Å². The van der Waals surface area contributed by atoms with Gasteiger partial charge in [-0.15, -0.1) is 0 Å². The second kappa shape index (κ2) is 9.32. The highest BCUT2D eigenvalue weighted by atomic mass is 19.1. The number of aromatic nitrogens is 1. The van der Waals surface area contributed by atoms with Crippen molar-refractivity contribution in [1.29, 1.82) is 0 Å². The van der Waals surface area contributed by atoms with Crippen LogP contribution in [0.4, 0.5) is 4.39 Å². The van der Waals surface area contributed by atoms with E-state index in [2.05, 4.69) is 4.98 Å². The molecule has 3 aromatic rings. The smallest absolute Gasteiger partial charge is 0.201 e. The molecule has 1 aromatic heterocycles. The molecule has 1 N–H and O–H groups in total. The Morgan fingerprint density at radius 3 is 2.52 bits per heavy atom. The number of rotatable bonds is 8. The average Bonchev–Trinajstić information content (AvgIpc) is 3.39. The fraction of sp³-hybridized carbons (Fsp3) is 0.231. The number of oxazole rings is 1. The van der Waals surface area contributed by atoms with Gasteiger partial charge in [-0.2, -0.15) is 0 Å². The van der Waals surface area contributed by atoms with E-state index in [1.54, 1.807) is 18.2 Å². The van der Waals surface area contributed by atoms with E-state index in [0.29, 0.717) is 18.7 Å². The van der Waals surface area contributed by atoms with E-state index in [0.717, 1.165) is 33.4 Å². The summed E-state index contributed by atoms with van der Waals surface area (Å²) < 4.78 is 29.8. The lowest BCUT2D eigenvalue weighted by Gasteiger charge is -2.11. The fourth-order valence-corrected chi connectivity index (χ4v) is 4.10. The first-order chi connectivity index (χ1) is 15.9. The van der Waals surface area contributed by atoms with Crippen molar-refractivity contribution in [2.24, 2.45) is 0 Å². The monoisotopic (exact) mass is 449 g/mol. The lowest BCUT2D eigenvalue weighted by atomic mass is 9.99. The quantitative estimate of drug-likeness (QED) is 0.492. The summed E-state index contributed by atoms with van der Waals surface area (Å²) >= 11 is 0. The van der Waals surface area contributed by atoms with E-state index in [1.807, 2.05) is 13.0 Å². The van der Waals surface area contributed by atoms with E-state index in [1.165, 1.54) is 38.8 Å². The van der Waals surface area contributed by atoms with Crippen LogP contribution in [-0.2, 0) is 11.2 Å². The topological polar surface area (TPSA) is 81.8 Å². The zero-order valence-electron chi connectivity index (χ0n) is 18.6. The minimum atomic E-state index is -0.334. The van der Waals surface area contributed by atoms with Crippen molar-refractivity contribution in [2.75, 3.05) is 14.2 Å². The van der Waals surface area contributed by atoms with Crippen molar-refractivity contribution in [1.82, 2.24) is 4.98 Å². The number of hydrogen-bond donors (Lipinski definition) is 1. The Kier molecular flexibility index (Phi) is 6.31. The number of allylic oxidation sites excluding steroid dienone is 3. The molecule has 0 radical (unpaired) electrons. The van der Waals surface area contributed by atoms with Crippen LogP contribution in [0.1, 0.15) is 42.3 Å². The van der Waals surface area contributed by atoms with Crippen molar-refractivity contribution in [3.63, 3.8) is 0 Å². The molecule has 7 heteroatoms. The van der Waals surface area contributed by atoms with Crippen LogP contribution in [0.15, 0.2) is 52.8 Å². The third-order valence-electron chi connectivity index (χ3n) is 5.75. The molecule has 0 spiro atoms. The number of ether oxygens (including phenoxy) is 2. The van der Waals surface area contributed by atoms with Gasteiger partial charge in [0, 0.05) is 6.42 Å². The minimum Gasteiger partial charge on any atom is -0.502 e. The second-order valence-electron chi connectivity index (χ2n) is 7.77. The maximum Gasteiger partial charge on any atom is 0.201 e. The van der Waals surface area contributed by atoms with Crippen LogP contribution in [0.3, 0.4) is 0 Å². The highest BCUT2D eigenvalue weighted by molar-refractivity contribution is 6.05. The Hall–Kier alpha value is -3.87. The number of fused-ring (bicyclic) bond motifs is 1. The molecule has 4 rings (SSSR count). The highest BCUT2D eigenvalue weighted by Crippen LogP contribution is 2.45. The van der Waals surface area contributed by atoms with Gasteiger partial charge in [0.05, 0.1) is 26.8 Å². The van der Waals surface area contributed by atoms with Crippen molar-refractivity contribution in [3.8, 4) is 17.2 Å². The van der Waals surface area contributed by atoms with Gasteiger partial charge in [0.25, 0.3) is 0 Å². The molecule has 1 aliphatic carbocycles. The average molecular weight is 449 g/mol. The van der Waals surface area contributed by atoms with E-state index < -0.39 is 0 Å². The molecule has 33 heavy (non-hydrogen) atoms. The van der Waals surface area contributed by atoms with Crippen molar-refractivity contribution >= 4 is 23.0 Å². The van der Waals surface area contributed by atoms with Crippen molar-refractivity contribution < 1.29 is 28.2 Å². The number of carbonyl (C=O) groups is 1. The van der Waals surface area contributed by atoms with Gasteiger partial charge in [0.1, 0.15) is 17.9 Å². The first kappa shape index (κ1) is 22.3. The molecule has 6 nitrogen and oxygen atoms in total. The van der Waals surface area contributed by atoms with Crippen LogP contribution in [0, 0.1) is 5.82 Å². The Labute approximate surface area is 191 Å². The lowest BCUT2D eigenvalue weighted by Crippen LogP contribution is -2.03. The molecular weight excluding hydrogens is 425 g/mol. The number of hydrogen-bond acceptors (Lipinski definition) is 6. The largest absolute Gasteiger partial charge is 0.502 e. The maximum atomic E-state index is 14.1. The number of ketones is 1. The summed E-state index contributed by atoms with van der Waals surface area (Å²) in [6, 6.07) is 8.09. The SMILES string of the molecule is COc1cc(C=C2C(C)=C(CCC(=O)Cc3ncco3)c3cc(F)ccc32)cc(OC)c1O. The van der Waals surface area contributed by atoms with E-state index in [-0.39, 0.29) is 35.3 Å². The molecule has 0 aliphatic heterocycles. The molecule has 170 valence electrons. The molecule has 2 aromatic carbocycles. The Morgan fingerprint density at radius 1 is 1.15 bits per heavy atom. The van der Waals surface area contributed by atoms with Gasteiger partial charge in [-0.25, -0.2) is 9.37 Å². The normalized spacial score (nSPS) is 14.0. The lowest BCUT2D eigenvalue weighted by molar-refractivity contribution is -0.118. The summed E-state index contributed by atoms with van der Waals surface area (Å²) in [5.74, 6) is 0.559. The predicted molar refractivity (Wildman–Crippen MR) is 123 cm³/mol. The Bertz CT molecular complexity index is 1230. The molecule has 1 heterocycles. The third kappa shape index (κ3) is 4.53. The van der Waals surface area contributed by atoms with E-state index >= 15 is 0 Å². The number of benzene rings is 2. The predicted octanol–water partition coefficient (Wildman–Crippen LogP) is 5.46. The highest BCUT2D eigenvalue weighted by Gasteiger charge is 2.25. The van der Waals surface area contributed by atoms with Gasteiger partial charge >= 0.3 is 0 Å². The summed E-state index contributed by atoms with van der Waals surface area (Å²) in [5, 5.41) is 10.2. The first-order valence-electron chi connectivity index (χ1n) is 10.5. The number of nitrogens with zero attached hydrogens (tertiary/aromatic N) is 1. The van der Waals surface area contributed by atoms with Crippen LogP contribution in [0.25, 0.3) is 17.2 Å². The number of halogens is 1. The summed E-state index contributed by atoms with van der Waals surface area (Å²) in [4.78, 5) is 16.4. The number of phenols is 1. The van der Waals surface area contributed by atoms with Gasteiger partial charge < -0.3 is 19.0 Å². The standard InChI is InChI=1S/C26H24FNO5/c1-15-19(7-5-18(29)14-25-28-8-9-33-25)22-13-17(27)4-6-20(22)21(15)10-16-11-23(31-2)26(30)24(12-16)32-3/h4,6,8-13,30H,5,7,14H2,1-3H3. The second-order valence-corrected chi connectivity index (χ2v) is 7.77. The molecule has 0 saturated carbocycles. The molecule has 0 saturated heterocycles. The molecule has 0 atom stereocenters. The minimum absolute atomic E-state index is 0.00106. The Morgan fingerprint density at radius 2 is 1.88 bits per heavy atom. The first-order valence-corrected chi connectivity index (χ1v) is 10.5. The van der Waals surface area contributed by atoms with Crippen molar-refractivity contribution in [3.05, 3.63) is 76.8 Å². The van der Waals surface area contributed by atoms with Crippen LogP contribution in [0.2, 0.25) is 0 Å². The number of carbonyl (C=O) groups excluding carboxylic acids is 1. The molecule has 0 bridgehead atoms. The van der Waals surface area contributed by atoms with Gasteiger partial charge in [0.2, 0.25) is 11.6 Å². The summed E-state index contributed by atoms with van der Waals surface area (Å²) in [6.07, 6.45) is 5.79. The van der Waals surface area contributed by atoms with Crippen LogP contribution in [0.5, 0.6) is 17.2 Å². The molecular formula is C26H24FNO5. The summed E-state index contributed by atoms with van der Waals surface area (Å²) in [7, 11) is 2.94. The van der Waals surface area contributed by atoms with Crippen LogP contribution >= 0.6 is 0 Å².